The smallest absolute Gasteiger partial charge is 0.339 e. The van der Waals surface area contributed by atoms with Gasteiger partial charge in [0.05, 0.1) is 22.2 Å². The number of ether oxygens (including phenoxy) is 1. The average Bonchev–Trinajstić information content (AvgIpc) is 3.07. The second-order valence-electron chi connectivity index (χ2n) is 5.30. The number of hydrogen-bond donors (Lipinski definition) is 0. The predicted molar refractivity (Wildman–Crippen MR) is 78.3 cm³/mol. The van der Waals surface area contributed by atoms with Crippen molar-refractivity contribution in [2.45, 2.75) is 32.6 Å². The molecule has 1 aromatic rings. The fourth-order valence-electron chi connectivity index (χ4n) is 1.91. The Morgan fingerprint density at radius 3 is 2.63 bits per heavy atom. The van der Waals surface area contributed by atoms with Gasteiger partial charge in [0.15, 0.2) is 0 Å². The zero-order valence-corrected chi connectivity index (χ0v) is 12.9. The minimum atomic E-state index is -0.477. The fraction of sp³-hybridized carbons (Fsp3) is 0.500. The molecule has 0 radical (unpaired) electrons. The van der Waals surface area contributed by atoms with Crippen molar-refractivity contribution in [3.05, 3.63) is 32.8 Å². The monoisotopic (exact) mass is 320 g/mol. The van der Waals surface area contributed by atoms with Crippen LogP contribution in [0.25, 0.3) is 0 Å². The SMILES string of the molecule is CC1(CCCOC(=O)c2cc(Cl)cc(Cl)c2Cl)CC1. The first-order valence-electron chi connectivity index (χ1n) is 6.23. The maximum atomic E-state index is 11.9. The summed E-state index contributed by atoms with van der Waals surface area (Å²) in [7, 11) is 0. The molecule has 0 unspecified atom stereocenters. The van der Waals surface area contributed by atoms with Crippen LogP contribution in [0, 0.1) is 5.41 Å². The van der Waals surface area contributed by atoms with E-state index in [1.54, 1.807) is 0 Å². The summed E-state index contributed by atoms with van der Waals surface area (Å²) in [5.74, 6) is -0.477. The normalized spacial score (nSPS) is 16.2. The summed E-state index contributed by atoms with van der Waals surface area (Å²) < 4.78 is 5.20. The Kier molecular flexibility index (Phi) is 4.65. The molecule has 0 spiro atoms. The topological polar surface area (TPSA) is 26.3 Å². The molecule has 0 heterocycles. The molecule has 0 aliphatic heterocycles. The molecule has 0 atom stereocenters. The highest BCUT2D eigenvalue weighted by molar-refractivity contribution is 6.45. The molecule has 0 saturated heterocycles. The molecule has 5 heteroatoms. The number of benzene rings is 1. The molecule has 2 nitrogen and oxygen atoms in total. The molecule has 0 N–H and O–H groups in total. The third-order valence-electron chi connectivity index (χ3n) is 3.47. The van der Waals surface area contributed by atoms with Gasteiger partial charge in [-0.05, 0) is 43.2 Å². The van der Waals surface area contributed by atoms with Gasteiger partial charge in [0.2, 0.25) is 0 Å². The van der Waals surface area contributed by atoms with E-state index in [4.69, 9.17) is 39.5 Å². The van der Waals surface area contributed by atoms with Gasteiger partial charge in [-0.15, -0.1) is 0 Å². The summed E-state index contributed by atoms with van der Waals surface area (Å²) in [6.45, 7) is 2.65. The van der Waals surface area contributed by atoms with Crippen LogP contribution in [0.15, 0.2) is 12.1 Å². The number of hydrogen-bond acceptors (Lipinski definition) is 2. The Hall–Kier alpha value is -0.440. The molecule has 104 valence electrons. The fourth-order valence-corrected chi connectivity index (χ4v) is 2.59. The minimum Gasteiger partial charge on any atom is -0.462 e. The molecule has 1 saturated carbocycles. The number of carbonyl (C=O) groups is 1. The summed E-state index contributed by atoms with van der Waals surface area (Å²) in [5, 5.41) is 0.809. The first-order valence-corrected chi connectivity index (χ1v) is 7.36. The maximum Gasteiger partial charge on any atom is 0.339 e. The molecule has 0 amide bonds. The van der Waals surface area contributed by atoms with Crippen molar-refractivity contribution in [3.63, 3.8) is 0 Å². The van der Waals surface area contributed by atoms with Gasteiger partial charge in [-0.2, -0.15) is 0 Å². The maximum absolute atomic E-state index is 11.9. The van der Waals surface area contributed by atoms with Crippen molar-refractivity contribution >= 4 is 40.8 Å². The van der Waals surface area contributed by atoms with Crippen molar-refractivity contribution in [2.24, 2.45) is 5.41 Å². The second-order valence-corrected chi connectivity index (χ2v) is 6.52. The highest BCUT2D eigenvalue weighted by Gasteiger charge is 2.36. The van der Waals surface area contributed by atoms with E-state index in [1.807, 2.05) is 0 Å². The lowest BCUT2D eigenvalue weighted by molar-refractivity contribution is 0.0493. The van der Waals surface area contributed by atoms with Crippen LogP contribution in [0.1, 0.15) is 43.0 Å². The molecule has 0 bridgehead atoms. The van der Waals surface area contributed by atoms with Crippen molar-refractivity contribution in [1.82, 2.24) is 0 Å². The predicted octanol–water partition coefficient (Wildman–Crippen LogP) is 5.38. The van der Waals surface area contributed by atoms with E-state index in [2.05, 4.69) is 6.92 Å². The molecule has 19 heavy (non-hydrogen) atoms. The van der Waals surface area contributed by atoms with Crippen LogP contribution < -0.4 is 0 Å². The van der Waals surface area contributed by atoms with E-state index in [9.17, 15) is 4.79 Å². The highest BCUT2D eigenvalue weighted by Crippen LogP contribution is 2.48. The first kappa shape index (κ1) is 15.0. The van der Waals surface area contributed by atoms with Gasteiger partial charge in [0.25, 0.3) is 0 Å². The zero-order chi connectivity index (χ0) is 14.0. The third kappa shape index (κ3) is 4.01. The molecule has 1 fully saturated rings. The lowest BCUT2D eigenvalue weighted by Gasteiger charge is -2.10. The van der Waals surface area contributed by atoms with Crippen LogP contribution in [-0.2, 0) is 4.74 Å². The summed E-state index contributed by atoms with van der Waals surface area (Å²) >= 11 is 17.7. The highest BCUT2D eigenvalue weighted by atomic mass is 35.5. The summed E-state index contributed by atoms with van der Waals surface area (Å²) in [6, 6.07) is 2.97. The Morgan fingerprint density at radius 1 is 1.32 bits per heavy atom. The number of esters is 1. The van der Waals surface area contributed by atoms with Crippen molar-refractivity contribution in [2.75, 3.05) is 6.61 Å². The Morgan fingerprint density at radius 2 is 2.00 bits per heavy atom. The van der Waals surface area contributed by atoms with Crippen molar-refractivity contribution in [1.29, 1.82) is 0 Å². The second kappa shape index (κ2) is 5.90. The third-order valence-corrected chi connectivity index (χ3v) is 4.49. The standard InChI is InChI=1S/C14H15Cl3O2/c1-14(4-5-14)3-2-6-19-13(18)10-7-9(15)8-11(16)12(10)17/h7-8H,2-6H2,1H3. The van der Waals surface area contributed by atoms with Gasteiger partial charge in [-0.1, -0.05) is 41.7 Å². The molecule has 1 aliphatic carbocycles. The quantitative estimate of drug-likeness (QED) is 0.413. The lowest BCUT2D eigenvalue weighted by Crippen LogP contribution is -2.08. The number of halogens is 3. The molecule has 0 aromatic heterocycles. The van der Waals surface area contributed by atoms with Gasteiger partial charge in [0, 0.05) is 5.02 Å². The molecule has 2 rings (SSSR count). The Balaban J connectivity index is 1.89. The van der Waals surface area contributed by atoms with Crippen molar-refractivity contribution < 1.29 is 9.53 Å². The summed E-state index contributed by atoms with van der Waals surface area (Å²) in [4.78, 5) is 11.9. The number of carbonyl (C=O) groups excluding carboxylic acids is 1. The zero-order valence-electron chi connectivity index (χ0n) is 10.6. The van der Waals surface area contributed by atoms with E-state index < -0.39 is 5.97 Å². The van der Waals surface area contributed by atoms with Gasteiger partial charge >= 0.3 is 5.97 Å². The van der Waals surface area contributed by atoms with E-state index in [-0.39, 0.29) is 15.6 Å². The van der Waals surface area contributed by atoms with Crippen LogP contribution in [0.3, 0.4) is 0 Å². The lowest BCUT2D eigenvalue weighted by atomic mass is 10.0. The molecular weight excluding hydrogens is 307 g/mol. The van der Waals surface area contributed by atoms with Gasteiger partial charge < -0.3 is 4.74 Å². The average molecular weight is 322 g/mol. The summed E-state index contributed by atoms with van der Waals surface area (Å²) in [6.07, 6.45) is 4.51. The summed E-state index contributed by atoms with van der Waals surface area (Å²) in [5.41, 5.74) is 0.695. The van der Waals surface area contributed by atoms with Gasteiger partial charge in [-0.3, -0.25) is 0 Å². The molecular formula is C14H15Cl3O2. The Bertz CT molecular complexity index is 496. The van der Waals surface area contributed by atoms with Crippen LogP contribution >= 0.6 is 34.8 Å². The van der Waals surface area contributed by atoms with Gasteiger partial charge in [0.1, 0.15) is 0 Å². The largest absolute Gasteiger partial charge is 0.462 e. The Labute approximate surface area is 128 Å². The van der Waals surface area contributed by atoms with Crippen molar-refractivity contribution in [3.8, 4) is 0 Å². The van der Waals surface area contributed by atoms with E-state index in [1.165, 1.54) is 25.0 Å². The minimum absolute atomic E-state index is 0.185. The van der Waals surface area contributed by atoms with E-state index in [0.29, 0.717) is 17.0 Å². The van der Waals surface area contributed by atoms with Gasteiger partial charge in [-0.25, -0.2) is 4.79 Å². The first-order chi connectivity index (χ1) is 8.91. The van der Waals surface area contributed by atoms with Crippen LogP contribution in [0.4, 0.5) is 0 Å². The number of rotatable bonds is 5. The van der Waals surface area contributed by atoms with Crippen LogP contribution in [0.5, 0.6) is 0 Å². The van der Waals surface area contributed by atoms with Crippen LogP contribution in [-0.4, -0.2) is 12.6 Å². The molecule has 1 aliphatic rings. The van der Waals surface area contributed by atoms with E-state index in [0.717, 1.165) is 12.8 Å². The van der Waals surface area contributed by atoms with Crippen LogP contribution in [0.2, 0.25) is 15.1 Å². The molecule has 1 aromatic carbocycles. The van der Waals surface area contributed by atoms with E-state index >= 15 is 0 Å².